The van der Waals surface area contributed by atoms with E-state index < -0.39 is 23.2 Å². The monoisotopic (exact) mass is 219 g/mol. The van der Waals surface area contributed by atoms with Crippen molar-refractivity contribution in [3.63, 3.8) is 0 Å². The highest BCUT2D eigenvalue weighted by Crippen LogP contribution is 2.20. The van der Waals surface area contributed by atoms with Crippen LogP contribution in [0, 0.1) is 11.3 Å². The Hall–Kier alpha value is -2.17. The van der Waals surface area contributed by atoms with E-state index in [0.717, 1.165) is 0 Å². The zero-order valence-corrected chi connectivity index (χ0v) is 7.05. The summed E-state index contributed by atoms with van der Waals surface area (Å²) < 4.78 is 38.6. The lowest BCUT2D eigenvalue weighted by atomic mass is 10.3. The summed E-state index contributed by atoms with van der Waals surface area (Å²) in [5, 5.41) is 8.40. The predicted octanol–water partition coefficient (Wildman–Crippen LogP) is 0.727. The fourth-order valence-corrected chi connectivity index (χ4v) is 0.820. The maximum Gasteiger partial charge on any atom is 0.573 e. The van der Waals surface area contributed by atoms with Crippen LogP contribution in [0.2, 0.25) is 0 Å². The number of nitriles is 1. The number of nitrogen functional groups attached to an aromatic ring is 1. The minimum atomic E-state index is -4.98. The quantitative estimate of drug-likeness (QED) is 0.728. The fourth-order valence-electron chi connectivity index (χ4n) is 0.820. The summed E-state index contributed by atoms with van der Waals surface area (Å²) in [7, 11) is 0. The lowest BCUT2D eigenvalue weighted by Gasteiger charge is -2.08. The van der Waals surface area contributed by atoms with Gasteiger partial charge < -0.3 is 15.5 Å². The van der Waals surface area contributed by atoms with Crippen LogP contribution in [0.1, 0.15) is 5.69 Å². The molecular weight excluding hydrogens is 215 g/mol. The van der Waals surface area contributed by atoms with Crippen molar-refractivity contribution in [1.29, 1.82) is 5.26 Å². The lowest BCUT2D eigenvalue weighted by molar-refractivity contribution is -0.275. The number of halogens is 3. The van der Waals surface area contributed by atoms with Crippen molar-refractivity contribution in [3.05, 3.63) is 22.1 Å². The van der Waals surface area contributed by atoms with E-state index in [2.05, 4.69) is 9.72 Å². The number of aromatic amines is 1. The van der Waals surface area contributed by atoms with Gasteiger partial charge in [0.15, 0.2) is 5.75 Å². The van der Waals surface area contributed by atoms with Crippen LogP contribution in [-0.4, -0.2) is 11.3 Å². The van der Waals surface area contributed by atoms with Crippen molar-refractivity contribution in [2.75, 3.05) is 5.73 Å². The Balaban J connectivity index is 3.21. The van der Waals surface area contributed by atoms with Gasteiger partial charge in [-0.1, -0.05) is 0 Å². The number of nitrogens with zero attached hydrogens (tertiary/aromatic N) is 1. The van der Waals surface area contributed by atoms with Gasteiger partial charge in [0.25, 0.3) is 0 Å². The highest BCUT2D eigenvalue weighted by atomic mass is 19.4. The van der Waals surface area contributed by atoms with E-state index in [9.17, 15) is 18.0 Å². The third-order valence-corrected chi connectivity index (χ3v) is 1.42. The molecule has 8 heteroatoms. The molecule has 0 unspecified atom stereocenters. The van der Waals surface area contributed by atoms with E-state index in [-0.39, 0.29) is 5.69 Å². The highest BCUT2D eigenvalue weighted by molar-refractivity contribution is 5.52. The van der Waals surface area contributed by atoms with Crippen molar-refractivity contribution in [2.24, 2.45) is 0 Å². The number of anilines is 1. The first kappa shape index (κ1) is 10.9. The average Bonchev–Trinajstić information content (AvgIpc) is 2.11. The van der Waals surface area contributed by atoms with Gasteiger partial charge in [-0.25, -0.2) is 0 Å². The number of hydrogen-bond donors (Lipinski definition) is 2. The van der Waals surface area contributed by atoms with Crippen molar-refractivity contribution >= 4 is 5.69 Å². The number of nitrogens with two attached hydrogens (primary N) is 1. The Labute approximate surface area is 80.9 Å². The number of ether oxygens (including phenoxy) is 1. The summed E-state index contributed by atoms with van der Waals surface area (Å²) in [6.07, 6.45) is -4.35. The Bertz CT molecular complexity index is 472. The molecule has 0 atom stereocenters. The Kier molecular flexibility index (Phi) is 2.57. The molecule has 3 N–H and O–H groups in total. The summed E-state index contributed by atoms with van der Waals surface area (Å²) in [5.41, 5.74) is 3.00. The molecule has 5 nitrogen and oxygen atoms in total. The molecule has 0 aliphatic carbocycles. The van der Waals surface area contributed by atoms with Crippen molar-refractivity contribution in [3.8, 4) is 11.8 Å². The molecule has 1 aromatic rings. The molecule has 1 heterocycles. The predicted molar refractivity (Wildman–Crippen MR) is 42.9 cm³/mol. The number of pyridine rings is 1. The van der Waals surface area contributed by atoms with Gasteiger partial charge in [0.05, 0.1) is 0 Å². The first-order chi connectivity index (χ1) is 6.85. The third-order valence-electron chi connectivity index (χ3n) is 1.42. The number of rotatable bonds is 1. The fraction of sp³-hybridized carbons (Fsp3) is 0.143. The van der Waals surface area contributed by atoms with Gasteiger partial charge in [0.1, 0.15) is 17.5 Å². The largest absolute Gasteiger partial charge is 0.573 e. The second kappa shape index (κ2) is 3.53. The van der Waals surface area contributed by atoms with Gasteiger partial charge >= 0.3 is 6.36 Å². The molecule has 1 rings (SSSR count). The van der Waals surface area contributed by atoms with Crippen LogP contribution in [0.5, 0.6) is 5.75 Å². The first-order valence-electron chi connectivity index (χ1n) is 3.52. The van der Waals surface area contributed by atoms with Crippen molar-refractivity contribution < 1.29 is 17.9 Å². The number of hydrogen-bond acceptors (Lipinski definition) is 4. The van der Waals surface area contributed by atoms with E-state index in [1.807, 2.05) is 0 Å². The molecule has 0 aliphatic rings. The molecule has 0 spiro atoms. The van der Waals surface area contributed by atoms with Gasteiger partial charge in [0.2, 0.25) is 5.43 Å². The summed E-state index contributed by atoms with van der Waals surface area (Å²) >= 11 is 0. The molecule has 0 saturated carbocycles. The molecule has 0 aromatic carbocycles. The van der Waals surface area contributed by atoms with Crippen LogP contribution in [0.15, 0.2) is 11.0 Å². The first-order valence-corrected chi connectivity index (χ1v) is 3.52. The van der Waals surface area contributed by atoms with Crippen LogP contribution >= 0.6 is 0 Å². The number of nitrogens with one attached hydrogen (secondary N) is 1. The smallest absolute Gasteiger partial charge is 0.400 e. The van der Waals surface area contributed by atoms with Crippen LogP contribution < -0.4 is 15.9 Å². The second-order valence-corrected chi connectivity index (χ2v) is 2.43. The molecule has 1 aromatic heterocycles. The van der Waals surface area contributed by atoms with Crippen LogP contribution in [0.25, 0.3) is 0 Å². The maximum absolute atomic E-state index is 11.8. The van der Waals surface area contributed by atoms with Crippen molar-refractivity contribution in [1.82, 2.24) is 4.98 Å². The molecule has 0 radical (unpaired) electrons. The second-order valence-electron chi connectivity index (χ2n) is 2.43. The maximum atomic E-state index is 11.8. The average molecular weight is 219 g/mol. The van der Waals surface area contributed by atoms with E-state index >= 15 is 0 Å². The van der Waals surface area contributed by atoms with Crippen LogP contribution in [-0.2, 0) is 0 Å². The molecule has 0 saturated heterocycles. The molecule has 0 aliphatic heterocycles. The minimum absolute atomic E-state index is 0.311. The number of aromatic nitrogens is 1. The SMILES string of the molecule is N#Cc1[nH]cc(OC(F)(F)F)c(=O)c1N. The van der Waals surface area contributed by atoms with E-state index in [1.165, 1.54) is 6.07 Å². The molecule has 0 bridgehead atoms. The third kappa shape index (κ3) is 2.40. The summed E-state index contributed by atoms with van der Waals surface area (Å²) in [6.45, 7) is 0. The summed E-state index contributed by atoms with van der Waals surface area (Å²) in [5.74, 6) is -1.00. The molecule has 15 heavy (non-hydrogen) atoms. The van der Waals surface area contributed by atoms with Crippen molar-refractivity contribution in [2.45, 2.75) is 6.36 Å². The Morgan fingerprint density at radius 3 is 2.60 bits per heavy atom. The number of H-pyrrole nitrogens is 1. The van der Waals surface area contributed by atoms with E-state index in [4.69, 9.17) is 11.0 Å². The topological polar surface area (TPSA) is 91.9 Å². The van der Waals surface area contributed by atoms with Gasteiger partial charge in [0, 0.05) is 6.20 Å². The van der Waals surface area contributed by atoms with Gasteiger partial charge in [-0.2, -0.15) is 5.26 Å². The molecule has 0 fully saturated rings. The minimum Gasteiger partial charge on any atom is -0.400 e. The van der Waals surface area contributed by atoms with E-state index in [0.29, 0.717) is 6.20 Å². The van der Waals surface area contributed by atoms with E-state index in [1.54, 1.807) is 0 Å². The Morgan fingerprint density at radius 1 is 1.53 bits per heavy atom. The Morgan fingerprint density at radius 2 is 2.13 bits per heavy atom. The lowest BCUT2D eigenvalue weighted by Crippen LogP contribution is -2.23. The van der Waals surface area contributed by atoms with Crippen LogP contribution in [0.4, 0.5) is 18.9 Å². The standard InChI is InChI=1S/C7H4F3N3O2/c8-7(9,10)15-4-2-13-3(1-11)5(12)6(4)14/h2H,12H2,(H,13,14). The normalized spacial score (nSPS) is 10.8. The van der Waals surface area contributed by atoms with Gasteiger partial charge in [-0.05, 0) is 0 Å². The highest BCUT2D eigenvalue weighted by Gasteiger charge is 2.32. The molecule has 0 amide bonds. The number of alkyl halides is 3. The van der Waals surface area contributed by atoms with Gasteiger partial charge in [-0.15, -0.1) is 13.2 Å². The molecule has 80 valence electrons. The zero-order valence-electron chi connectivity index (χ0n) is 7.05. The summed E-state index contributed by atoms with van der Waals surface area (Å²) in [4.78, 5) is 13.2. The van der Waals surface area contributed by atoms with Crippen LogP contribution in [0.3, 0.4) is 0 Å². The van der Waals surface area contributed by atoms with Gasteiger partial charge in [-0.3, -0.25) is 4.79 Å². The zero-order chi connectivity index (χ0) is 11.6. The molecular formula is C7H4F3N3O2. The summed E-state index contributed by atoms with van der Waals surface area (Å²) in [6, 6.07) is 1.51.